The molecule has 0 unspecified atom stereocenters. The Morgan fingerprint density at radius 2 is 1.43 bits per heavy atom. The molecule has 1 aromatic heterocycles. The summed E-state index contributed by atoms with van der Waals surface area (Å²) in [5, 5.41) is 5.26. The van der Waals surface area contributed by atoms with Crippen LogP contribution >= 0.6 is 0 Å². The maximum absolute atomic E-state index is 13.5. The van der Waals surface area contributed by atoms with E-state index in [9.17, 15) is 23.2 Å². The van der Waals surface area contributed by atoms with Crippen molar-refractivity contribution in [1.29, 1.82) is 0 Å². The number of halogens is 2. The van der Waals surface area contributed by atoms with Gasteiger partial charge in [0.15, 0.2) is 11.4 Å². The molecule has 37 heavy (non-hydrogen) atoms. The summed E-state index contributed by atoms with van der Waals surface area (Å²) in [5.74, 6) is -2.93. The van der Waals surface area contributed by atoms with Crippen molar-refractivity contribution < 1.29 is 32.6 Å². The van der Waals surface area contributed by atoms with Crippen LogP contribution in [-0.2, 0) is 9.59 Å². The minimum absolute atomic E-state index is 0.120. The first-order chi connectivity index (χ1) is 17.6. The third-order valence-electron chi connectivity index (χ3n) is 5.24. The van der Waals surface area contributed by atoms with E-state index in [-0.39, 0.29) is 17.2 Å². The highest BCUT2D eigenvalue weighted by Gasteiger charge is 2.24. The quantitative estimate of drug-likeness (QED) is 0.445. The smallest absolute Gasteiger partial charge is 0.308 e. The monoisotopic (exact) mass is 509 g/mol. The van der Waals surface area contributed by atoms with Crippen molar-refractivity contribution >= 4 is 23.4 Å². The number of ether oxygens (including phenoxy) is 2. The lowest BCUT2D eigenvalue weighted by Gasteiger charge is -2.18. The minimum atomic E-state index is -1.04. The Balaban J connectivity index is 1.86. The fraction of sp³-hybridized carbons (Fsp3) is 0.185. The number of hydrogen-bond donors (Lipinski definition) is 2. The van der Waals surface area contributed by atoms with E-state index in [2.05, 4.69) is 15.6 Å². The first-order valence-electron chi connectivity index (χ1n) is 11.2. The molecule has 0 aliphatic rings. The van der Waals surface area contributed by atoms with Gasteiger partial charge >= 0.3 is 5.97 Å². The normalized spacial score (nSPS) is 11.2. The average molecular weight is 510 g/mol. The summed E-state index contributed by atoms with van der Waals surface area (Å²) in [7, 11) is 1.34. The van der Waals surface area contributed by atoms with Gasteiger partial charge < -0.3 is 20.1 Å². The zero-order valence-corrected chi connectivity index (χ0v) is 20.6. The SMILES string of the molecule is COc1ccnc(C(=O)N[C@@H](C)C(=O)NC(C)=C(c2ccc(F)cc2)c2ccc(F)cc2)c1OC(C)=O. The van der Waals surface area contributed by atoms with Crippen LogP contribution in [0.1, 0.15) is 42.4 Å². The number of methoxy groups -OCH3 is 1. The molecule has 2 amide bonds. The van der Waals surface area contributed by atoms with E-state index in [4.69, 9.17) is 9.47 Å². The Morgan fingerprint density at radius 3 is 1.92 bits per heavy atom. The minimum Gasteiger partial charge on any atom is -0.493 e. The van der Waals surface area contributed by atoms with Crippen LogP contribution in [0.3, 0.4) is 0 Å². The van der Waals surface area contributed by atoms with Crippen molar-refractivity contribution in [2.24, 2.45) is 0 Å². The number of hydrogen-bond acceptors (Lipinski definition) is 6. The molecule has 8 nitrogen and oxygen atoms in total. The van der Waals surface area contributed by atoms with Gasteiger partial charge in [0, 0.05) is 30.5 Å². The first-order valence-corrected chi connectivity index (χ1v) is 11.2. The lowest BCUT2D eigenvalue weighted by Crippen LogP contribution is -2.44. The van der Waals surface area contributed by atoms with E-state index in [1.165, 1.54) is 57.5 Å². The van der Waals surface area contributed by atoms with Crippen LogP contribution in [0.15, 0.2) is 66.5 Å². The van der Waals surface area contributed by atoms with Gasteiger partial charge in [-0.05, 0) is 49.2 Å². The highest BCUT2D eigenvalue weighted by molar-refractivity contribution is 5.99. The molecule has 2 N–H and O–H groups in total. The van der Waals surface area contributed by atoms with Gasteiger partial charge in [-0.2, -0.15) is 0 Å². The van der Waals surface area contributed by atoms with Crippen LogP contribution < -0.4 is 20.1 Å². The Labute approximate surface area is 212 Å². The zero-order valence-electron chi connectivity index (χ0n) is 20.6. The number of allylic oxidation sites excluding steroid dienone is 1. The second-order valence-electron chi connectivity index (χ2n) is 7.98. The van der Waals surface area contributed by atoms with Gasteiger partial charge in [0.2, 0.25) is 11.7 Å². The highest BCUT2D eigenvalue weighted by atomic mass is 19.1. The van der Waals surface area contributed by atoms with Crippen molar-refractivity contribution in [3.05, 3.63) is 94.9 Å². The molecule has 0 aliphatic heterocycles. The van der Waals surface area contributed by atoms with Crippen LogP contribution in [0.4, 0.5) is 8.78 Å². The molecule has 0 radical (unpaired) electrons. The van der Waals surface area contributed by atoms with Gasteiger partial charge in [0.1, 0.15) is 17.7 Å². The van der Waals surface area contributed by atoms with Crippen molar-refractivity contribution in [2.75, 3.05) is 7.11 Å². The molecule has 192 valence electrons. The summed E-state index contributed by atoms with van der Waals surface area (Å²) < 4.78 is 37.3. The fourth-order valence-corrected chi connectivity index (χ4v) is 3.51. The molecule has 3 aromatic rings. The van der Waals surface area contributed by atoms with Gasteiger partial charge in [-0.15, -0.1) is 0 Å². The molecular formula is C27H25F2N3O5. The van der Waals surface area contributed by atoms with Crippen LogP contribution in [0.25, 0.3) is 5.57 Å². The number of carbonyl (C=O) groups excluding carboxylic acids is 3. The number of nitrogens with zero attached hydrogens (tertiary/aromatic N) is 1. The largest absolute Gasteiger partial charge is 0.493 e. The standard InChI is InChI=1S/C27H25F2N3O5/c1-15(23(18-5-9-20(28)10-6-18)19-7-11-21(29)12-8-19)31-26(34)16(2)32-27(35)24-25(37-17(3)33)22(36-4)13-14-30-24/h5-14,16H,1-4H3,(H,31,34)(H,32,35)/t16-/m0/s1. The molecule has 0 saturated carbocycles. The predicted octanol–water partition coefficient (Wildman–Crippen LogP) is 4.01. The average Bonchev–Trinajstić information content (AvgIpc) is 2.86. The molecule has 0 saturated heterocycles. The summed E-state index contributed by atoms with van der Waals surface area (Å²) >= 11 is 0. The van der Waals surface area contributed by atoms with E-state index in [1.807, 2.05) is 0 Å². The number of aromatic nitrogens is 1. The summed E-state index contributed by atoms with van der Waals surface area (Å²) in [6.07, 6.45) is 1.30. The zero-order chi connectivity index (χ0) is 27.1. The number of carbonyl (C=O) groups is 3. The topological polar surface area (TPSA) is 107 Å². The number of nitrogens with one attached hydrogen (secondary N) is 2. The van der Waals surface area contributed by atoms with Crippen LogP contribution in [0, 0.1) is 11.6 Å². The van der Waals surface area contributed by atoms with Crippen molar-refractivity contribution in [1.82, 2.24) is 15.6 Å². The molecule has 2 aromatic carbocycles. The molecule has 1 heterocycles. The maximum Gasteiger partial charge on any atom is 0.308 e. The Bertz CT molecular complexity index is 1290. The van der Waals surface area contributed by atoms with Crippen LogP contribution in [0.2, 0.25) is 0 Å². The second kappa shape index (κ2) is 11.9. The molecule has 1 atom stereocenters. The third kappa shape index (κ3) is 6.75. The summed E-state index contributed by atoms with van der Waals surface area (Å²) in [6.45, 7) is 4.26. The molecule has 0 fully saturated rings. The van der Waals surface area contributed by atoms with E-state index in [0.717, 1.165) is 0 Å². The Hall–Kier alpha value is -4.60. The second-order valence-corrected chi connectivity index (χ2v) is 7.98. The molecule has 0 aliphatic carbocycles. The van der Waals surface area contributed by atoms with E-state index in [0.29, 0.717) is 22.4 Å². The van der Waals surface area contributed by atoms with Gasteiger partial charge in [0.05, 0.1) is 7.11 Å². The molecule has 0 bridgehead atoms. The van der Waals surface area contributed by atoms with Gasteiger partial charge in [-0.25, -0.2) is 13.8 Å². The van der Waals surface area contributed by atoms with E-state index >= 15 is 0 Å². The Morgan fingerprint density at radius 1 is 0.892 bits per heavy atom. The van der Waals surface area contributed by atoms with Crippen LogP contribution in [-0.4, -0.2) is 35.9 Å². The number of amides is 2. The number of esters is 1. The van der Waals surface area contributed by atoms with Gasteiger partial charge in [-0.3, -0.25) is 14.4 Å². The van der Waals surface area contributed by atoms with E-state index < -0.39 is 35.5 Å². The summed E-state index contributed by atoms with van der Waals surface area (Å²) in [4.78, 5) is 41.3. The third-order valence-corrected chi connectivity index (χ3v) is 5.24. The fourth-order valence-electron chi connectivity index (χ4n) is 3.51. The number of rotatable bonds is 8. The van der Waals surface area contributed by atoms with Crippen molar-refractivity contribution in [3.63, 3.8) is 0 Å². The lowest BCUT2D eigenvalue weighted by atomic mass is 9.96. The molecular weight excluding hydrogens is 484 g/mol. The Kier molecular flexibility index (Phi) is 8.68. The van der Waals surface area contributed by atoms with Gasteiger partial charge in [0.25, 0.3) is 5.91 Å². The lowest BCUT2D eigenvalue weighted by molar-refractivity contribution is -0.132. The van der Waals surface area contributed by atoms with E-state index in [1.54, 1.807) is 31.2 Å². The summed E-state index contributed by atoms with van der Waals surface area (Å²) in [5.41, 5.74) is 1.88. The van der Waals surface area contributed by atoms with Gasteiger partial charge in [-0.1, -0.05) is 24.3 Å². The molecule has 0 spiro atoms. The summed E-state index contributed by atoms with van der Waals surface area (Å²) in [6, 6.07) is 11.7. The van der Waals surface area contributed by atoms with Crippen molar-refractivity contribution in [3.8, 4) is 11.5 Å². The molecule has 3 rings (SSSR count). The first kappa shape index (κ1) is 27.0. The highest BCUT2D eigenvalue weighted by Crippen LogP contribution is 2.30. The maximum atomic E-state index is 13.5. The number of benzene rings is 2. The van der Waals surface area contributed by atoms with Crippen LogP contribution in [0.5, 0.6) is 11.5 Å². The predicted molar refractivity (Wildman–Crippen MR) is 132 cm³/mol. The van der Waals surface area contributed by atoms with Crippen molar-refractivity contribution in [2.45, 2.75) is 26.8 Å². The molecule has 10 heteroatoms. The number of pyridine rings is 1.